The lowest BCUT2D eigenvalue weighted by Crippen LogP contribution is -2.30. The molecule has 1 aliphatic heterocycles. The van der Waals surface area contributed by atoms with Gasteiger partial charge < -0.3 is 33.5 Å². The average molecular weight is 585 g/mol. The first kappa shape index (κ1) is 30.6. The molecule has 0 saturated carbocycles. The largest absolute Gasteiger partial charge is 0.508 e. The summed E-state index contributed by atoms with van der Waals surface area (Å²) in [6.45, 7) is 3.70. The zero-order valence-corrected chi connectivity index (χ0v) is 25.0. The summed E-state index contributed by atoms with van der Waals surface area (Å²) >= 11 is 0. The summed E-state index contributed by atoms with van der Waals surface area (Å²) < 4.78 is 36.6. The van der Waals surface area contributed by atoms with E-state index in [-0.39, 0.29) is 18.0 Å². The molecular formula is C36H40O7. The van der Waals surface area contributed by atoms with E-state index in [9.17, 15) is 5.11 Å². The summed E-state index contributed by atoms with van der Waals surface area (Å²) in [6.07, 6.45) is 0.109. The number of benzene rings is 4. The normalized spacial score (nSPS) is 16.8. The van der Waals surface area contributed by atoms with Crippen LogP contribution in [0.3, 0.4) is 0 Å². The van der Waals surface area contributed by atoms with Crippen LogP contribution in [0.4, 0.5) is 0 Å². The monoisotopic (exact) mass is 584 g/mol. The molecule has 0 amide bonds. The maximum absolute atomic E-state index is 10.5. The molecule has 1 heterocycles. The molecule has 0 bridgehead atoms. The van der Waals surface area contributed by atoms with Crippen LogP contribution < -0.4 is 9.47 Å². The second-order valence-electron chi connectivity index (χ2n) is 10.6. The fourth-order valence-electron chi connectivity index (χ4n) is 5.51. The quantitative estimate of drug-likeness (QED) is 0.176. The van der Waals surface area contributed by atoms with Gasteiger partial charge in [0.15, 0.2) is 6.29 Å². The Bertz CT molecular complexity index is 1430. The summed E-state index contributed by atoms with van der Waals surface area (Å²) in [6, 6.07) is 29.4. The van der Waals surface area contributed by atoms with Crippen molar-refractivity contribution in [1.82, 2.24) is 0 Å². The van der Waals surface area contributed by atoms with E-state index in [0.717, 1.165) is 39.1 Å². The number of phenolic OH excluding ortho intramolecular Hbond substituents is 1. The van der Waals surface area contributed by atoms with Crippen molar-refractivity contribution in [2.45, 2.75) is 51.5 Å². The molecule has 43 heavy (non-hydrogen) atoms. The Hall–Kier alpha value is -3.88. The second-order valence-corrected chi connectivity index (χ2v) is 10.6. The number of ether oxygens (including phenoxy) is 6. The Labute approximate surface area is 253 Å². The predicted octanol–water partition coefficient (Wildman–Crippen LogP) is 6.73. The van der Waals surface area contributed by atoms with E-state index >= 15 is 0 Å². The lowest BCUT2D eigenvalue weighted by atomic mass is 9.90. The Morgan fingerprint density at radius 1 is 0.674 bits per heavy atom. The standard InChI is InChI=1S/C36H40O7/c1-4-29-30(19-35-42-33(23-38-2)34(43-35)24-39-3)36(27-16-11-17-28(37)18-27)32(41-22-26-14-9-6-10-15-26)20-31(29)40-21-25-12-7-5-8-13-25/h5-18,20,33-35,37H,4,19,21-24H2,1-3H3/t33-,34-/m1/s1. The molecule has 226 valence electrons. The van der Waals surface area contributed by atoms with Crippen LogP contribution in [-0.2, 0) is 45.0 Å². The van der Waals surface area contributed by atoms with Gasteiger partial charge in [-0.2, -0.15) is 0 Å². The van der Waals surface area contributed by atoms with Crippen LogP contribution in [-0.4, -0.2) is 51.0 Å². The van der Waals surface area contributed by atoms with Crippen molar-refractivity contribution in [3.63, 3.8) is 0 Å². The molecule has 1 N–H and O–H groups in total. The van der Waals surface area contributed by atoms with Crippen molar-refractivity contribution < 1.29 is 33.5 Å². The van der Waals surface area contributed by atoms with Crippen LogP contribution in [0, 0.1) is 0 Å². The molecule has 0 unspecified atom stereocenters. The van der Waals surface area contributed by atoms with Gasteiger partial charge in [-0.25, -0.2) is 0 Å². The van der Waals surface area contributed by atoms with E-state index in [1.165, 1.54) is 0 Å². The van der Waals surface area contributed by atoms with Gasteiger partial charge in [0, 0.05) is 32.3 Å². The maximum Gasteiger partial charge on any atom is 0.162 e. The first-order valence-corrected chi connectivity index (χ1v) is 14.7. The Morgan fingerprint density at radius 2 is 1.26 bits per heavy atom. The summed E-state index contributed by atoms with van der Waals surface area (Å²) in [7, 11) is 3.30. The van der Waals surface area contributed by atoms with Gasteiger partial charge in [-0.15, -0.1) is 0 Å². The van der Waals surface area contributed by atoms with Crippen LogP contribution in [0.25, 0.3) is 11.1 Å². The zero-order chi connectivity index (χ0) is 30.0. The molecule has 0 radical (unpaired) electrons. The van der Waals surface area contributed by atoms with E-state index in [4.69, 9.17) is 28.4 Å². The SMILES string of the molecule is CCc1c(OCc2ccccc2)cc(OCc2ccccc2)c(-c2cccc(O)c2)c1CC1O[C@H](COC)[C@@H](COC)O1. The lowest BCUT2D eigenvalue weighted by Gasteiger charge is -2.24. The average Bonchev–Trinajstić information content (AvgIpc) is 3.40. The summed E-state index contributed by atoms with van der Waals surface area (Å²) in [5.41, 5.74) is 5.85. The van der Waals surface area contributed by atoms with Crippen LogP contribution >= 0.6 is 0 Å². The molecule has 0 spiro atoms. The molecule has 2 atom stereocenters. The molecule has 0 aliphatic carbocycles. The number of hydrogen-bond acceptors (Lipinski definition) is 7. The number of rotatable bonds is 14. The number of methoxy groups -OCH3 is 2. The molecule has 0 aromatic heterocycles. The highest BCUT2D eigenvalue weighted by Gasteiger charge is 2.37. The summed E-state index contributed by atoms with van der Waals surface area (Å²) in [4.78, 5) is 0. The number of phenols is 1. The highest BCUT2D eigenvalue weighted by molar-refractivity contribution is 5.78. The van der Waals surface area contributed by atoms with Gasteiger partial charge in [0.25, 0.3) is 0 Å². The van der Waals surface area contributed by atoms with Crippen molar-refractivity contribution in [3.8, 4) is 28.4 Å². The van der Waals surface area contributed by atoms with E-state index < -0.39 is 6.29 Å². The van der Waals surface area contributed by atoms with Crippen molar-refractivity contribution in [3.05, 3.63) is 113 Å². The zero-order valence-electron chi connectivity index (χ0n) is 25.0. The third kappa shape index (κ3) is 7.75. The molecule has 4 aromatic rings. The second kappa shape index (κ2) is 15.0. The van der Waals surface area contributed by atoms with E-state index in [1.54, 1.807) is 26.4 Å². The topological polar surface area (TPSA) is 75.6 Å². The molecule has 7 heteroatoms. The molecule has 7 nitrogen and oxygen atoms in total. The highest BCUT2D eigenvalue weighted by Crippen LogP contribution is 2.43. The van der Waals surface area contributed by atoms with Gasteiger partial charge in [0.05, 0.1) is 13.2 Å². The maximum atomic E-state index is 10.5. The minimum Gasteiger partial charge on any atom is -0.508 e. The van der Waals surface area contributed by atoms with Gasteiger partial charge in [0.2, 0.25) is 0 Å². The predicted molar refractivity (Wildman–Crippen MR) is 165 cm³/mol. The van der Waals surface area contributed by atoms with Crippen LogP contribution in [0.15, 0.2) is 91.0 Å². The first-order valence-electron chi connectivity index (χ1n) is 14.7. The highest BCUT2D eigenvalue weighted by atomic mass is 16.7. The molecule has 4 aromatic carbocycles. The number of aromatic hydroxyl groups is 1. The summed E-state index contributed by atoms with van der Waals surface area (Å²) in [5.74, 6) is 1.58. The number of hydrogen-bond donors (Lipinski definition) is 1. The fraction of sp³-hybridized carbons (Fsp3) is 0.333. The third-order valence-corrected chi connectivity index (χ3v) is 7.54. The van der Waals surface area contributed by atoms with E-state index in [0.29, 0.717) is 45.0 Å². The smallest absolute Gasteiger partial charge is 0.162 e. The van der Waals surface area contributed by atoms with Gasteiger partial charge in [-0.3, -0.25) is 0 Å². The lowest BCUT2D eigenvalue weighted by molar-refractivity contribution is -0.0752. The first-order chi connectivity index (χ1) is 21.1. The van der Waals surface area contributed by atoms with Crippen LogP contribution in [0.2, 0.25) is 0 Å². The molecule has 1 aliphatic rings. The minimum absolute atomic E-state index is 0.175. The van der Waals surface area contributed by atoms with Crippen LogP contribution in [0.1, 0.15) is 29.2 Å². The van der Waals surface area contributed by atoms with E-state index in [1.807, 2.05) is 78.9 Å². The van der Waals surface area contributed by atoms with E-state index in [2.05, 4.69) is 6.92 Å². The molecule has 5 rings (SSSR count). The molecular weight excluding hydrogens is 544 g/mol. The summed E-state index contributed by atoms with van der Waals surface area (Å²) in [5, 5.41) is 10.5. The molecule has 1 saturated heterocycles. The van der Waals surface area contributed by atoms with Gasteiger partial charge in [-0.05, 0) is 46.4 Å². The van der Waals surface area contributed by atoms with Crippen molar-refractivity contribution in [1.29, 1.82) is 0 Å². The van der Waals surface area contributed by atoms with Crippen molar-refractivity contribution in [2.24, 2.45) is 0 Å². The third-order valence-electron chi connectivity index (χ3n) is 7.54. The Kier molecular flexibility index (Phi) is 10.7. The van der Waals surface area contributed by atoms with Gasteiger partial charge >= 0.3 is 0 Å². The van der Waals surface area contributed by atoms with Gasteiger partial charge in [0.1, 0.15) is 42.7 Å². The fourth-order valence-corrected chi connectivity index (χ4v) is 5.51. The van der Waals surface area contributed by atoms with Crippen molar-refractivity contribution in [2.75, 3.05) is 27.4 Å². The van der Waals surface area contributed by atoms with Gasteiger partial charge in [-0.1, -0.05) is 79.7 Å². The Morgan fingerprint density at radius 3 is 1.79 bits per heavy atom. The van der Waals surface area contributed by atoms with Crippen molar-refractivity contribution >= 4 is 0 Å². The minimum atomic E-state index is -0.534. The Balaban J connectivity index is 1.60. The molecule has 1 fully saturated rings. The van der Waals surface area contributed by atoms with Crippen LogP contribution in [0.5, 0.6) is 17.2 Å².